The predicted molar refractivity (Wildman–Crippen MR) is 90.2 cm³/mol. The second-order valence-electron chi connectivity index (χ2n) is 6.54. The molecule has 2 fully saturated rings. The smallest absolute Gasteiger partial charge is 0.244 e. The highest BCUT2D eigenvalue weighted by Crippen LogP contribution is 2.19. The van der Waals surface area contributed by atoms with Gasteiger partial charge in [-0.3, -0.25) is 10.1 Å². The van der Waals surface area contributed by atoms with Crippen molar-refractivity contribution in [3.63, 3.8) is 0 Å². The van der Waals surface area contributed by atoms with Gasteiger partial charge in [0.1, 0.15) is 6.04 Å². The summed E-state index contributed by atoms with van der Waals surface area (Å²) in [6.07, 6.45) is 2.37. The molecule has 0 bridgehead atoms. The van der Waals surface area contributed by atoms with Gasteiger partial charge in [0, 0.05) is 32.7 Å². The first kappa shape index (κ1) is 16.4. The van der Waals surface area contributed by atoms with Crippen molar-refractivity contribution >= 4 is 5.91 Å². The van der Waals surface area contributed by atoms with Crippen molar-refractivity contribution in [1.82, 2.24) is 15.1 Å². The van der Waals surface area contributed by atoms with Crippen LogP contribution >= 0.6 is 0 Å². The van der Waals surface area contributed by atoms with E-state index in [1.807, 2.05) is 35.2 Å². The van der Waals surface area contributed by atoms with Gasteiger partial charge < -0.3 is 14.5 Å². The molecule has 2 heterocycles. The Kier molecular flexibility index (Phi) is 5.65. The number of carbonyl (C=O) groups is 1. The Labute approximate surface area is 138 Å². The van der Waals surface area contributed by atoms with Gasteiger partial charge in [-0.2, -0.15) is 0 Å². The molecule has 2 aliphatic rings. The number of hydrogen-bond donors (Lipinski definition) is 1. The van der Waals surface area contributed by atoms with Gasteiger partial charge in [0.25, 0.3) is 0 Å². The number of ether oxygens (including phenoxy) is 1. The van der Waals surface area contributed by atoms with Crippen LogP contribution in [0.5, 0.6) is 0 Å². The molecule has 23 heavy (non-hydrogen) atoms. The number of likely N-dealkylation sites (tertiary alicyclic amines) is 1. The van der Waals surface area contributed by atoms with E-state index in [0.717, 1.165) is 51.2 Å². The standard InChI is InChI=1S/C18H27N3O2/c1-20-11-12-23-16(14-20)13-19-17(15-7-3-2-4-8-15)18(22)21-9-5-6-10-21/h2-4,7-8,16-17,19H,5-6,9-14H2,1H3. The summed E-state index contributed by atoms with van der Waals surface area (Å²) in [7, 11) is 2.11. The third-order valence-electron chi connectivity index (χ3n) is 4.69. The second-order valence-corrected chi connectivity index (χ2v) is 6.54. The summed E-state index contributed by atoms with van der Waals surface area (Å²) in [6, 6.07) is 9.75. The molecule has 1 aromatic carbocycles. The van der Waals surface area contributed by atoms with E-state index in [2.05, 4.69) is 17.3 Å². The number of carbonyl (C=O) groups excluding carboxylic acids is 1. The van der Waals surface area contributed by atoms with Crippen LogP contribution in [0.1, 0.15) is 24.4 Å². The lowest BCUT2D eigenvalue weighted by Crippen LogP contribution is -2.47. The highest BCUT2D eigenvalue weighted by atomic mass is 16.5. The molecule has 0 saturated carbocycles. The number of hydrogen-bond acceptors (Lipinski definition) is 4. The van der Waals surface area contributed by atoms with Gasteiger partial charge in [-0.1, -0.05) is 30.3 Å². The number of morpholine rings is 1. The van der Waals surface area contributed by atoms with Gasteiger partial charge in [-0.05, 0) is 25.5 Å². The molecule has 2 unspecified atom stereocenters. The number of amides is 1. The molecule has 0 aliphatic carbocycles. The average Bonchev–Trinajstić information content (AvgIpc) is 3.10. The molecular formula is C18H27N3O2. The third-order valence-corrected chi connectivity index (χ3v) is 4.69. The molecule has 126 valence electrons. The molecular weight excluding hydrogens is 290 g/mol. The zero-order valence-corrected chi connectivity index (χ0v) is 13.9. The number of nitrogens with zero attached hydrogens (tertiary/aromatic N) is 2. The molecule has 0 spiro atoms. The van der Waals surface area contributed by atoms with Crippen LogP contribution in [0.15, 0.2) is 30.3 Å². The molecule has 0 radical (unpaired) electrons. The molecule has 3 rings (SSSR count). The highest BCUT2D eigenvalue weighted by molar-refractivity contribution is 5.83. The number of rotatable bonds is 5. The van der Waals surface area contributed by atoms with Gasteiger partial charge in [0.15, 0.2) is 0 Å². The van der Waals surface area contributed by atoms with Crippen LogP contribution in [0.25, 0.3) is 0 Å². The zero-order chi connectivity index (χ0) is 16.1. The largest absolute Gasteiger partial charge is 0.374 e. The Bertz CT molecular complexity index is 502. The molecule has 2 atom stereocenters. The van der Waals surface area contributed by atoms with Crippen LogP contribution in [-0.4, -0.2) is 68.2 Å². The first-order valence-electron chi connectivity index (χ1n) is 8.61. The molecule has 5 heteroatoms. The van der Waals surface area contributed by atoms with E-state index in [-0.39, 0.29) is 18.1 Å². The van der Waals surface area contributed by atoms with E-state index in [0.29, 0.717) is 6.54 Å². The molecule has 1 N–H and O–H groups in total. The van der Waals surface area contributed by atoms with Gasteiger partial charge in [0.05, 0.1) is 12.7 Å². The first-order chi connectivity index (χ1) is 11.2. The normalized spacial score (nSPS) is 23.9. The zero-order valence-electron chi connectivity index (χ0n) is 13.9. The van der Waals surface area contributed by atoms with E-state index in [9.17, 15) is 4.79 Å². The van der Waals surface area contributed by atoms with Gasteiger partial charge in [-0.15, -0.1) is 0 Å². The molecule has 1 amide bonds. The lowest BCUT2D eigenvalue weighted by atomic mass is 10.1. The summed E-state index contributed by atoms with van der Waals surface area (Å²) in [5, 5.41) is 3.46. The minimum Gasteiger partial charge on any atom is -0.374 e. The quantitative estimate of drug-likeness (QED) is 0.888. The molecule has 0 aromatic heterocycles. The summed E-state index contributed by atoms with van der Waals surface area (Å²) in [6.45, 7) is 5.11. The van der Waals surface area contributed by atoms with Crippen molar-refractivity contribution in [2.24, 2.45) is 0 Å². The Morgan fingerprint density at radius 1 is 1.26 bits per heavy atom. The molecule has 1 aromatic rings. The minimum absolute atomic E-state index is 0.145. The summed E-state index contributed by atoms with van der Waals surface area (Å²) < 4.78 is 5.81. The van der Waals surface area contributed by atoms with Crippen molar-refractivity contribution in [1.29, 1.82) is 0 Å². The fourth-order valence-corrected chi connectivity index (χ4v) is 3.35. The van der Waals surface area contributed by atoms with Crippen LogP contribution in [0.4, 0.5) is 0 Å². The maximum atomic E-state index is 12.9. The molecule has 2 aliphatic heterocycles. The van der Waals surface area contributed by atoms with Crippen LogP contribution in [-0.2, 0) is 9.53 Å². The van der Waals surface area contributed by atoms with Crippen molar-refractivity contribution in [3.8, 4) is 0 Å². The van der Waals surface area contributed by atoms with E-state index in [1.54, 1.807) is 0 Å². The minimum atomic E-state index is -0.273. The summed E-state index contributed by atoms with van der Waals surface area (Å²) >= 11 is 0. The highest BCUT2D eigenvalue weighted by Gasteiger charge is 2.28. The topological polar surface area (TPSA) is 44.8 Å². The van der Waals surface area contributed by atoms with Crippen LogP contribution in [0.2, 0.25) is 0 Å². The average molecular weight is 317 g/mol. The summed E-state index contributed by atoms with van der Waals surface area (Å²) in [4.78, 5) is 17.2. The van der Waals surface area contributed by atoms with Gasteiger partial charge in [0.2, 0.25) is 5.91 Å². The third kappa shape index (κ3) is 4.31. The van der Waals surface area contributed by atoms with Crippen LogP contribution in [0, 0.1) is 0 Å². The van der Waals surface area contributed by atoms with E-state index in [1.165, 1.54) is 0 Å². The second kappa shape index (κ2) is 7.90. The van der Waals surface area contributed by atoms with Crippen molar-refractivity contribution in [2.75, 3.05) is 46.4 Å². The van der Waals surface area contributed by atoms with E-state index in [4.69, 9.17) is 4.74 Å². The Morgan fingerprint density at radius 3 is 2.70 bits per heavy atom. The Hall–Kier alpha value is -1.43. The summed E-state index contributed by atoms with van der Waals surface area (Å²) in [5.41, 5.74) is 1.04. The van der Waals surface area contributed by atoms with E-state index >= 15 is 0 Å². The van der Waals surface area contributed by atoms with Crippen molar-refractivity contribution in [3.05, 3.63) is 35.9 Å². The lowest BCUT2D eigenvalue weighted by molar-refractivity contribution is -0.132. The molecule has 5 nitrogen and oxygen atoms in total. The fraction of sp³-hybridized carbons (Fsp3) is 0.611. The Balaban J connectivity index is 1.66. The van der Waals surface area contributed by atoms with Crippen LogP contribution in [0.3, 0.4) is 0 Å². The fourth-order valence-electron chi connectivity index (χ4n) is 3.35. The molecule has 2 saturated heterocycles. The summed E-state index contributed by atoms with van der Waals surface area (Å²) in [5.74, 6) is 0.192. The Morgan fingerprint density at radius 2 is 2.00 bits per heavy atom. The lowest BCUT2D eigenvalue weighted by Gasteiger charge is -2.32. The van der Waals surface area contributed by atoms with Crippen molar-refractivity contribution < 1.29 is 9.53 Å². The predicted octanol–water partition coefficient (Wildman–Crippen LogP) is 1.27. The van der Waals surface area contributed by atoms with Gasteiger partial charge >= 0.3 is 0 Å². The monoisotopic (exact) mass is 317 g/mol. The first-order valence-corrected chi connectivity index (χ1v) is 8.61. The van der Waals surface area contributed by atoms with Crippen molar-refractivity contribution in [2.45, 2.75) is 25.0 Å². The number of likely N-dealkylation sites (N-methyl/N-ethyl adjacent to an activating group) is 1. The number of benzene rings is 1. The number of nitrogens with one attached hydrogen (secondary N) is 1. The maximum absolute atomic E-state index is 12.9. The maximum Gasteiger partial charge on any atom is 0.244 e. The SMILES string of the molecule is CN1CCOC(CNC(C(=O)N2CCCC2)c2ccccc2)C1. The van der Waals surface area contributed by atoms with E-state index < -0.39 is 0 Å². The van der Waals surface area contributed by atoms with Gasteiger partial charge in [-0.25, -0.2) is 0 Å². The van der Waals surface area contributed by atoms with Crippen LogP contribution < -0.4 is 5.32 Å².